The van der Waals surface area contributed by atoms with Crippen molar-refractivity contribution >= 4 is 44.0 Å². The number of morpholine rings is 1. The van der Waals surface area contributed by atoms with E-state index in [1.807, 2.05) is 54.6 Å². The highest BCUT2D eigenvalue weighted by molar-refractivity contribution is 9.10. The van der Waals surface area contributed by atoms with Crippen molar-refractivity contribution in [2.75, 3.05) is 43.6 Å². The number of amides is 1. The van der Waals surface area contributed by atoms with Gasteiger partial charge >= 0.3 is 0 Å². The van der Waals surface area contributed by atoms with Crippen LogP contribution >= 0.6 is 15.9 Å². The van der Waals surface area contributed by atoms with Gasteiger partial charge in [-0.15, -0.1) is 0 Å². The summed E-state index contributed by atoms with van der Waals surface area (Å²) in [6.07, 6.45) is 0. The van der Waals surface area contributed by atoms with E-state index in [1.54, 1.807) is 7.11 Å². The van der Waals surface area contributed by atoms with E-state index < -0.39 is 0 Å². The number of nitrogens with zero attached hydrogens (tertiary/aromatic N) is 1. The van der Waals surface area contributed by atoms with Crippen LogP contribution in [0.3, 0.4) is 0 Å². The van der Waals surface area contributed by atoms with Gasteiger partial charge in [0.25, 0.3) is 5.91 Å². The Morgan fingerprint density at radius 1 is 1.11 bits per heavy atom. The number of hydrogen-bond donors (Lipinski definition) is 1. The first-order valence-electron chi connectivity index (χ1n) is 9.16. The second-order valence-corrected chi connectivity index (χ2v) is 7.39. The molecule has 4 rings (SSSR count). The standard InChI is InChI=1S/C22H21BrN2O3/c1-27-21-19(14-15-4-2-3-5-18(15)20(21)23)22(26)24-16-6-8-17(9-7-16)25-10-12-28-13-11-25/h2-9,14H,10-13H2,1H3,(H,24,26). The molecule has 3 aromatic carbocycles. The van der Waals surface area contributed by atoms with Gasteiger partial charge in [0.1, 0.15) is 5.75 Å². The monoisotopic (exact) mass is 440 g/mol. The minimum Gasteiger partial charge on any atom is -0.495 e. The second-order valence-electron chi connectivity index (χ2n) is 6.59. The summed E-state index contributed by atoms with van der Waals surface area (Å²) >= 11 is 3.58. The average Bonchev–Trinajstić information content (AvgIpc) is 2.75. The molecule has 1 amide bonds. The van der Waals surface area contributed by atoms with E-state index in [2.05, 4.69) is 26.1 Å². The number of hydrogen-bond acceptors (Lipinski definition) is 4. The molecule has 1 aliphatic heterocycles. The fraction of sp³-hybridized carbons (Fsp3) is 0.227. The van der Waals surface area contributed by atoms with Crippen LogP contribution in [0.25, 0.3) is 10.8 Å². The van der Waals surface area contributed by atoms with Crippen molar-refractivity contribution in [3.63, 3.8) is 0 Å². The number of anilines is 2. The number of carbonyl (C=O) groups excluding carboxylic acids is 1. The number of rotatable bonds is 4. The molecule has 0 radical (unpaired) electrons. The highest BCUT2D eigenvalue weighted by Gasteiger charge is 2.18. The fourth-order valence-electron chi connectivity index (χ4n) is 3.43. The Balaban J connectivity index is 1.58. The van der Waals surface area contributed by atoms with Gasteiger partial charge in [0, 0.05) is 24.5 Å². The Morgan fingerprint density at radius 3 is 2.54 bits per heavy atom. The van der Waals surface area contributed by atoms with Crippen LogP contribution < -0.4 is 15.0 Å². The van der Waals surface area contributed by atoms with Crippen molar-refractivity contribution in [2.24, 2.45) is 0 Å². The van der Waals surface area contributed by atoms with Crippen LogP contribution in [-0.4, -0.2) is 39.3 Å². The molecule has 1 fully saturated rings. The Kier molecular flexibility index (Phi) is 5.50. The van der Waals surface area contributed by atoms with Crippen LogP contribution in [0.5, 0.6) is 5.75 Å². The van der Waals surface area contributed by atoms with Gasteiger partial charge in [0.2, 0.25) is 0 Å². The van der Waals surface area contributed by atoms with Crippen LogP contribution in [0.1, 0.15) is 10.4 Å². The predicted octanol–water partition coefficient (Wildman–Crippen LogP) is 4.70. The van der Waals surface area contributed by atoms with E-state index in [0.29, 0.717) is 11.3 Å². The summed E-state index contributed by atoms with van der Waals surface area (Å²) < 4.78 is 11.7. The van der Waals surface area contributed by atoms with Crippen molar-refractivity contribution in [2.45, 2.75) is 0 Å². The van der Waals surface area contributed by atoms with Gasteiger partial charge in [-0.2, -0.15) is 0 Å². The van der Waals surface area contributed by atoms with Gasteiger partial charge in [-0.25, -0.2) is 0 Å². The summed E-state index contributed by atoms with van der Waals surface area (Å²) in [5.41, 5.74) is 2.37. The van der Waals surface area contributed by atoms with Crippen molar-refractivity contribution < 1.29 is 14.3 Å². The molecule has 0 aliphatic carbocycles. The zero-order chi connectivity index (χ0) is 19.5. The molecule has 1 N–H and O–H groups in total. The Morgan fingerprint density at radius 2 is 1.82 bits per heavy atom. The summed E-state index contributed by atoms with van der Waals surface area (Å²) in [5.74, 6) is 0.323. The van der Waals surface area contributed by atoms with Gasteiger partial charge in [0.15, 0.2) is 0 Å². The Hall–Kier alpha value is -2.57. The lowest BCUT2D eigenvalue weighted by atomic mass is 10.0. The van der Waals surface area contributed by atoms with Gasteiger partial charge in [-0.3, -0.25) is 4.79 Å². The maximum atomic E-state index is 12.9. The van der Waals surface area contributed by atoms with Crippen molar-refractivity contribution in [3.05, 3.63) is 64.6 Å². The first-order valence-corrected chi connectivity index (χ1v) is 9.96. The highest BCUT2D eigenvalue weighted by atomic mass is 79.9. The fourth-order valence-corrected chi connectivity index (χ4v) is 4.16. The molecule has 0 saturated carbocycles. The van der Waals surface area contributed by atoms with E-state index in [-0.39, 0.29) is 5.91 Å². The quantitative estimate of drug-likeness (QED) is 0.638. The van der Waals surface area contributed by atoms with Gasteiger partial charge < -0.3 is 19.7 Å². The zero-order valence-electron chi connectivity index (χ0n) is 15.6. The molecule has 1 saturated heterocycles. The third kappa shape index (κ3) is 3.70. The molecule has 1 aliphatic rings. The zero-order valence-corrected chi connectivity index (χ0v) is 17.2. The molecule has 5 nitrogen and oxygen atoms in total. The van der Waals surface area contributed by atoms with Crippen LogP contribution in [0.2, 0.25) is 0 Å². The van der Waals surface area contributed by atoms with E-state index in [9.17, 15) is 4.79 Å². The van der Waals surface area contributed by atoms with Gasteiger partial charge in [-0.05, 0) is 57.0 Å². The lowest BCUT2D eigenvalue weighted by Crippen LogP contribution is -2.36. The molecular formula is C22H21BrN2O3. The molecule has 1 heterocycles. The molecule has 0 aromatic heterocycles. The van der Waals surface area contributed by atoms with Gasteiger partial charge in [0.05, 0.1) is 30.4 Å². The number of carbonyl (C=O) groups is 1. The molecule has 0 spiro atoms. The Bertz CT molecular complexity index is 999. The average molecular weight is 441 g/mol. The van der Waals surface area contributed by atoms with Gasteiger partial charge in [-0.1, -0.05) is 24.3 Å². The SMILES string of the molecule is COc1c(C(=O)Nc2ccc(N3CCOCC3)cc2)cc2ccccc2c1Br. The molecule has 0 bridgehead atoms. The molecule has 6 heteroatoms. The maximum Gasteiger partial charge on any atom is 0.259 e. The smallest absolute Gasteiger partial charge is 0.259 e. The summed E-state index contributed by atoms with van der Waals surface area (Å²) in [6.45, 7) is 3.26. The normalized spacial score (nSPS) is 14.1. The molecular weight excluding hydrogens is 420 g/mol. The number of benzene rings is 3. The molecule has 3 aromatic rings. The number of nitrogens with one attached hydrogen (secondary N) is 1. The second kappa shape index (κ2) is 8.20. The van der Waals surface area contributed by atoms with E-state index in [0.717, 1.165) is 52.9 Å². The van der Waals surface area contributed by atoms with Crippen molar-refractivity contribution in [3.8, 4) is 5.75 Å². The molecule has 0 unspecified atom stereocenters. The molecule has 144 valence electrons. The third-order valence-electron chi connectivity index (χ3n) is 4.89. The van der Waals surface area contributed by atoms with E-state index in [1.165, 1.54) is 0 Å². The number of fused-ring (bicyclic) bond motifs is 1. The topological polar surface area (TPSA) is 50.8 Å². The van der Waals surface area contributed by atoms with E-state index >= 15 is 0 Å². The summed E-state index contributed by atoms with van der Waals surface area (Å²) in [6, 6.07) is 17.6. The van der Waals surface area contributed by atoms with Crippen LogP contribution in [0, 0.1) is 0 Å². The maximum absolute atomic E-state index is 12.9. The predicted molar refractivity (Wildman–Crippen MR) is 116 cm³/mol. The lowest BCUT2D eigenvalue weighted by molar-refractivity contribution is 0.102. The molecule has 28 heavy (non-hydrogen) atoms. The van der Waals surface area contributed by atoms with Crippen LogP contribution in [-0.2, 0) is 4.74 Å². The third-order valence-corrected chi connectivity index (χ3v) is 5.68. The van der Waals surface area contributed by atoms with Crippen LogP contribution in [0.15, 0.2) is 59.1 Å². The minimum atomic E-state index is -0.206. The van der Waals surface area contributed by atoms with E-state index in [4.69, 9.17) is 9.47 Å². The largest absolute Gasteiger partial charge is 0.495 e. The number of halogens is 1. The summed E-state index contributed by atoms with van der Waals surface area (Å²) in [7, 11) is 1.57. The number of methoxy groups -OCH3 is 1. The molecule has 0 atom stereocenters. The van der Waals surface area contributed by atoms with Crippen molar-refractivity contribution in [1.29, 1.82) is 0 Å². The first-order chi connectivity index (χ1) is 13.7. The van der Waals surface area contributed by atoms with Crippen molar-refractivity contribution in [1.82, 2.24) is 0 Å². The summed E-state index contributed by atoms with van der Waals surface area (Å²) in [4.78, 5) is 15.2. The minimum absolute atomic E-state index is 0.206. The first kappa shape index (κ1) is 18.8. The highest BCUT2D eigenvalue weighted by Crippen LogP contribution is 2.37. The lowest BCUT2D eigenvalue weighted by Gasteiger charge is -2.28. The summed E-state index contributed by atoms with van der Waals surface area (Å²) in [5, 5.41) is 4.95. The van der Waals surface area contributed by atoms with Crippen LogP contribution in [0.4, 0.5) is 11.4 Å². The number of ether oxygens (including phenoxy) is 2. The Labute approximate surface area is 172 Å².